The first-order valence-electron chi connectivity index (χ1n) is 6.72. The molecule has 5 nitrogen and oxygen atoms in total. The van der Waals surface area contributed by atoms with Crippen molar-refractivity contribution in [2.24, 2.45) is 5.73 Å². The van der Waals surface area contributed by atoms with Crippen molar-refractivity contribution in [1.82, 2.24) is 9.97 Å². The van der Waals surface area contributed by atoms with Crippen molar-refractivity contribution in [3.8, 4) is 5.75 Å². The SMILES string of the molecule is COc1ccc2c(C)c(C(N)c3nccnc3C)oc2c1. The normalized spacial score (nSPS) is 12.6. The summed E-state index contributed by atoms with van der Waals surface area (Å²) in [4.78, 5) is 8.56. The van der Waals surface area contributed by atoms with Crippen molar-refractivity contribution in [3.05, 3.63) is 53.3 Å². The van der Waals surface area contributed by atoms with E-state index in [2.05, 4.69) is 9.97 Å². The maximum Gasteiger partial charge on any atom is 0.138 e. The molecule has 21 heavy (non-hydrogen) atoms. The van der Waals surface area contributed by atoms with E-state index in [0.717, 1.165) is 33.7 Å². The summed E-state index contributed by atoms with van der Waals surface area (Å²) in [6.07, 6.45) is 3.30. The van der Waals surface area contributed by atoms with Crippen LogP contribution >= 0.6 is 0 Å². The third-order valence-electron chi connectivity index (χ3n) is 3.68. The van der Waals surface area contributed by atoms with Gasteiger partial charge in [-0.05, 0) is 26.0 Å². The number of nitrogens with zero attached hydrogens (tertiary/aromatic N) is 2. The Balaban J connectivity index is 2.12. The Hall–Kier alpha value is -2.40. The fourth-order valence-electron chi connectivity index (χ4n) is 2.50. The van der Waals surface area contributed by atoms with E-state index in [1.165, 1.54) is 0 Å². The van der Waals surface area contributed by atoms with Crippen molar-refractivity contribution >= 4 is 11.0 Å². The van der Waals surface area contributed by atoms with Gasteiger partial charge in [-0.25, -0.2) is 0 Å². The number of furan rings is 1. The number of methoxy groups -OCH3 is 1. The van der Waals surface area contributed by atoms with Crippen LogP contribution in [-0.4, -0.2) is 17.1 Å². The lowest BCUT2D eigenvalue weighted by molar-refractivity contribution is 0.414. The molecule has 2 N–H and O–H groups in total. The van der Waals surface area contributed by atoms with Crippen LogP contribution in [-0.2, 0) is 0 Å². The van der Waals surface area contributed by atoms with Gasteiger partial charge in [0.05, 0.1) is 18.5 Å². The average molecular weight is 283 g/mol. The third-order valence-corrected chi connectivity index (χ3v) is 3.68. The number of benzene rings is 1. The first kappa shape index (κ1) is 13.6. The minimum Gasteiger partial charge on any atom is -0.497 e. The van der Waals surface area contributed by atoms with Crippen LogP contribution in [0.4, 0.5) is 0 Å². The second kappa shape index (κ2) is 5.18. The number of hydrogen-bond acceptors (Lipinski definition) is 5. The van der Waals surface area contributed by atoms with E-state index >= 15 is 0 Å². The van der Waals surface area contributed by atoms with Crippen LogP contribution < -0.4 is 10.5 Å². The first-order valence-corrected chi connectivity index (χ1v) is 6.72. The largest absolute Gasteiger partial charge is 0.497 e. The standard InChI is InChI=1S/C16H17N3O2/c1-9-12-5-4-11(20-3)8-13(12)21-16(9)14(17)15-10(2)18-6-7-19-15/h4-8,14H,17H2,1-3H3. The Morgan fingerprint density at radius 1 is 1.19 bits per heavy atom. The summed E-state index contributed by atoms with van der Waals surface area (Å²) in [5.41, 5.74) is 9.64. The second-order valence-corrected chi connectivity index (χ2v) is 4.96. The van der Waals surface area contributed by atoms with Crippen molar-refractivity contribution in [2.75, 3.05) is 7.11 Å². The molecule has 108 valence electrons. The summed E-state index contributed by atoms with van der Waals surface area (Å²) in [7, 11) is 1.63. The second-order valence-electron chi connectivity index (χ2n) is 4.96. The van der Waals surface area contributed by atoms with Gasteiger partial charge >= 0.3 is 0 Å². The molecule has 0 radical (unpaired) electrons. The highest BCUT2D eigenvalue weighted by molar-refractivity contribution is 5.83. The number of nitrogens with two attached hydrogens (primary N) is 1. The van der Waals surface area contributed by atoms with Crippen LogP contribution in [0.5, 0.6) is 5.75 Å². The molecule has 1 aromatic carbocycles. The molecule has 0 spiro atoms. The third kappa shape index (κ3) is 2.25. The fourth-order valence-corrected chi connectivity index (χ4v) is 2.50. The van der Waals surface area contributed by atoms with E-state index in [4.69, 9.17) is 14.9 Å². The zero-order chi connectivity index (χ0) is 15.0. The molecule has 0 aliphatic rings. The van der Waals surface area contributed by atoms with Crippen molar-refractivity contribution in [1.29, 1.82) is 0 Å². The van der Waals surface area contributed by atoms with Gasteiger partial charge in [0.15, 0.2) is 0 Å². The Labute approximate surface area is 122 Å². The van der Waals surface area contributed by atoms with Crippen molar-refractivity contribution in [2.45, 2.75) is 19.9 Å². The molecule has 1 unspecified atom stereocenters. The topological polar surface area (TPSA) is 74.2 Å². The number of ether oxygens (including phenoxy) is 1. The van der Waals surface area contributed by atoms with E-state index in [1.807, 2.05) is 32.0 Å². The summed E-state index contributed by atoms with van der Waals surface area (Å²) in [6, 6.07) is 5.32. The van der Waals surface area contributed by atoms with Crippen molar-refractivity contribution in [3.63, 3.8) is 0 Å². The van der Waals surface area contributed by atoms with Crippen molar-refractivity contribution < 1.29 is 9.15 Å². The monoisotopic (exact) mass is 283 g/mol. The minimum absolute atomic E-state index is 0.433. The van der Waals surface area contributed by atoms with Gasteiger partial charge in [-0.1, -0.05) is 0 Å². The van der Waals surface area contributed by atoms with Gasteiger partial charge in [0, 0.05) is 29.4 Å². The summed E-state index contributed by atoms with van der Waals surface area (Å²) in [5, 5.41) is 1.03. The quantitative estimate of drug-likeness (QED) is 0.800. The van der Waals surface area contributed by atoms with Gasteiger partial charge in [0.2, 0.25) is 0 Å². The zero-order valence-corrected chi connectivity index (χ0v) is 12.3. The van der Waals surface area contributed by atoms with Crippen LogP contribution in [0.1, 0.15) is 28.8 Å². The van der Waals surface area contributed by atoms with E-state index in [0.29, 0.717) is 5.76 Å². The summed E-state index contributed by atoms with van der Waals surface area (Å²) < 4.78 is 11.2. The molecule has 0 aliphatic heterocycles. The van der Waals surface area contributed by atoms with E-state index in [9.17, 15) is 0 Å². The number of hydrogen-bond donors (Lipinski definition) is 1. The van der Waals surface area contributed by atoms with E-state index < -0.39 is 6.04 Å². The first-order chi connectivity index (χ1) is 10.1. The molecule has 3 aromatic rings. The van der Waals surface area contributed by atoms with Crippen LogP contribution in [0.3, 0.4) is 0 Å². The molecular formula is C16H17N3O2. The van der Waals surface area contributed by atoms with Crippen LogP contribution in [0.25, 0.3) is 11.0 Å². The lowest BCUT2D eigenvalue weighted by Gasteiger charge is -2.11. The summed E-state index contributed by atoms with van der Waals surface area (Å²) >= 11 is 0. The predicted octanol–water partition coefficient (Wildman–Crippen LogP) is 2.90. The Bertz CT molecular complexity index is 795. The molecule has 2 heterocycles. The van der Waals surface area contributed by atoms with E-state index in [1.54, 1.807) is 19.5 Å². The zero-order valence-electron chi connectivity index (χ0n) is 12.3. The maximum absolute atomic E-state index is 6.32. The highest BCUT2D eigenvalue weighted by atomic mass is 16.5. The summed E-state index contributed by atoms with van der Waals surface area (Å²) in [5.74, 6) is 1.47. The molecule has 0 bridgehead atoms. The molecule has 0 saturated carbocycles. The molecule has 3 rings (SSSR count). The molecule has 2 aromatic heterocycles. The smallest absolute Gasteiger partial charge is 0.138 e. The molecular weight excluding hydrogens is 266 g/mol. The van der Waals surface area contributed by atoms with Gasteiger partial charge in [0.25, 0.3) is 0 Å². The number of aryl methyl sites for hydroxylation is 2. The van der Waals surface area contributed by atoms with Gasteiger partial charge in [-0.2, -0.15) is 0 Å². The highest BCUT2D eigenvalue weighted by Crippen LogP contribution is 2.33. The molecule has 0 fully saturated rings. The van der Waals surface area contributed by atoms with Gasteiger partial charge in [0.1, 0.15) is 23.1 Å². The molecule has 0 aliphatic carbocycles. The number of fused-ring (bicyclic) bond motifs is 1. The number of rotatable bonds is 3. The Morgan fingerprint density at radius 2 is 1.95 bits per heavy atom. The fraction of sp³-hybridized carbons (Fsp3) is 0.250. The van der Waals surface area contributed by atoms with Crippen LogP contribution in [0, 0.1) is 13.8 Å². The van der Waals surface area contributed by atoms with Crippen LogP contribution in [0.15, 0.2) is 35.0 Å². The lowest BCUT2D eigenvalue weighted by Crippen LogP contribution is -2.15. The Morgan fingerprint density at radius 3 is 2.67 bits per heavy atom. The molecule has 1 atom stereocenters. The summed E-state index contributed by atoms with van der Waals surface area (Å²) in [6.45, 7) is 3.89. The molecule has 0 amide bonds. The highest BCUT2D eigenvalue weighted by Gasteiger charge is 2.21. The average Bonchev–Trinajstić information content (AvgIpc) is 2.83. The van der Waals surface area contributed by atoms with Gasteiger partial charge in [-0.15, -0.1) is 0 Å². The number of aromatic nitrogens is 2. The lowest BCUT2D eigenvalue weighted by atomic mass is 10.0. The van der Waals surface area contributed by atoms with Gasteiger partial charge in [-0.3, -0.25) is 9.97 Å². The predicted molar refractivity (Wildman–Crippen MR) is 80.3 cm³/mol. The van der Waals surface area contributed by atoms with E-state index in [-0.39, 0.29) is 0 Å². The minimum atomic E-state index is -0.433. The Kier molecular flexibility index (Phi) is 3.35. The molecule has 5 heteroatoms. The van der Waals surface area contributed by atoms with Crippen LogP contribution in [0.2, 0.25) is 0 Å². The molecule has 0 saturated heterocycles. The maximum atomic E-state index is 6.32. The van der Waals surface area contributed by atoms with Gasteiger partial charge < -0.3 is 14.9 Å².